The molecule has 3 N–H and O–H groups in total. The van der Waals surface area contributed by atoms with Crippen molar-refractivity contribution in [3.63, 3.8) is 0 Å². The summed E-state index contributed by atoms with van der Waals surface area (Å²) in [7, 11) is 2.80. The van der Waals surface area contributed by atoms with Gasteiger partial charge in [-0.2, -0.15) is 0 Å². The molecule has 0 radical (unpaired) electrons. The van der Waals surface area contributed by atoms with Gasteiger partial charge in [-0.05, 0) is 41.7 Å². The molecule has 0 aliphatic carbocycles. The quantitative estimate of drug-likeness (QED) is 0.256. The molecule has 2 aromatic carbocycles. The lowest BCUT2D eigenvalue weighted by atomic mass is 10.0. The van der Waals surface area contributed by atoms with Crippen molar-refractivity contribution in [1.29, 1.82) is 0 Å². The molecule has 2 aromatic heterocycles. The summed E-state index contributed by atoms with van der Waals surface area (Å²) in [6.07, 6.45) is 1.02. The maximum absolute atomic E-state index is 13.9. The molecule has 4 rings (SSSR count). The van der Waals surface area contributed by atoms with Crippen LogP contribution in [0.2, 0.25) is 0 Å². The van der Waals surface area contributed by atoms with Crippen LogP contribution in [0.3, 0.4) is 0 Å². The number of hydrogen-bond donors (Lipinski definition) is 3. The molecule has 0 aliphatic rings. The number of aryl methyl sites for hydroxylation is 2. The summed E-state index contributed by atoms with van der Waals surface area (Å²) in [6.45, 7) is 2.30. The van der Waals surface area contributed by atoms with E-state index in [0.29, 0.717) is 6.54 Å². The highest BCUT2D eigenvalue weighted by Crippen LogP contribution is 2.13. The van der Waals surface area contributed by atoms with Crippen LogP contribution >= 0.6 is 0 Å². The lowest BCUT2D eigenvalue weighted by molar-refractivity contribution is -0.123. The number of nitrogens with zero attached hydrogens (tertiary/aromatic N) is 4. The molecule has 12 heteroatoms. The van der Waals surface area contributed by atoms with Crippen molar-refractivity contribution in [3.8, 4) is 0 Å². The third-order valence-electron chi connectivity index (χ3n) is 6.80. The van der Waals surface area contributed by atoms with Crippen molar-refractivity contribution in [2.75, 3.05) is 6.54 Å². The molecule has 0 aliphatic heterocycles. The fourth-order valence-corrected chi connectivity index (χ4v) is 4.66. The van der Waals surface area contributed by atoms with Crippen molar-refractivity contribution >= 4 is 17.1 Å². The summed E-state index contributed by atoms with van der Waals surface area (Å²) in [5, 5.41) is 16.9. The van der Waals surface area contributed by atoms with Crippen molar-refractivity contribution < 1.29 is 18.7 Å². The molecule has 1 amide bonds. The first-order chi connectivity index (χ1) is 19.1. The SMILES string of the molecule is CCc1cccc(CNC[C@H](O)[C@H](Cc2cc(F)cc(F)c2)NC(=O)Cn2cnc3c2c(=O)n(C)c(=O)n3C)c1. The molecule has 0 saturated heterocycles. The lowest BCUT2D eigenvalue weighted by Crippen LogP contribution is -2.49. The minimum Gasteiger partial charge on any atom is -0.390 e. The molecule has 4 aromatic rings. The van der Waals surface area contributed by atoms with Crippen molar-refractivity contribution in [2.45, 2.75) is 45.0 Å². The molecule has 0 fully saturated rings. The second-order valence-corrected chi connectivity index (χ2v) is 9.78. The summed E-state index contributed by atoms with van der Waals surface area (Å²) < 4.78 is 31.2. The summed E-state index contributed by atoms with van der Waals surface area (Å²) >= 11 is 0. The first-order valence-corrected chi connectivity index (χ1v) is 12.9. The topological polar surface area (TPSA) is 123 Å². The van der Waals surface area contributed by atoms with Crippen LogP contribution < -0.4 is 21.9 Å². The minimum absolute atomic E-state index is 0.0461. The number of carbonyl (C=O) groups is 1. The number of aliphatic hydroxyl groups excluding tert-OH is 1. The number of aliphatic hydroxyl groups is 1. The van der Waals surface area contributed by atoms with Crippen molar-refractivity contribution in [2.24, 2.45) is 14.1 Å². The minimum atomic E-state index is -1.11. The normalized spacial score (nSPS) is 12.9. The number of aromatic nitrogens is 4. The van der Waals surface area contributed by atoms with E-state index in [0.717, 1.165) is 34.8 Å². The van der Waals surface area contributed by atoms with Gasteiger partial charge in [-0.3, -0.25) is 18.7 Å². The number of fused-ring (bicyclic) bond motifs is 1. The predicted molar refractivity (Wildman–Crippen MR) is 146 cm³/mol. The molecule has 2 heterocycles. The maximum Gasteiger partial charge on any atom is 0.332 e. The van der Waals surface area contributed by atoms with Gasteiger partial charge in [-0.25, -0.2) is 18.6 Å². The van der Waals surface area contributed by atoms with Crippen LogP contribution in [0, 0.1) is 11.6 Å². The Morgan fingerprint density at radius 3 is 2.42 bits per heavy atom. The van der Waals surface area contributed by atoms with Gasteiger partial charge in [0.2, 0.25) is 5.91 Å². The van der Waals surface area contributed by atoms with Crippen LogP contribution in [0.1, 0.15) is 23.6 Å². The fraction of sp³-hybridized carbons (Fsp3) is 0.357. The first-order valence-electron chi connectivity index (χ1n) is 12.9. The smallest absolute Gasteiger partial charge is 0.332 e. The monoisotopic (exact) mass is 554 g/mol. The molecular weight excluding hydrogens is 522 g/mol. The van der Waals surface area contributed by atoms with E-state index in [9.17, 15) is 28.3 Å². The number of hydrogen-bond acceptors (Lipinski definition) is 6. The van der Waals surface area contributed by atoms with E-state index in [1.54, 1.807) is 0 Å². The van der Waals surface area contributed by atoms with Gasteiger partial charge >= 0.3 is 5.69 Å². The highest BCUT2D eigenvalue weighted by molar-refractivity contribution is 5.79. The zero-order chi connectivity index (χ0) is 29.0. The van der Waals surface area contributed by atoms with Crippen LogP contribution in [0.5, 0.6) is 0 Å². The molecule has 212 valence electrons. The average Bonchev–Trinajstić information content (AvgIpc) is 3.33. The van der Waals surface area contributed by atoms with Crippen LogP contribution in [-0.4, -0.2) is 48.4 Å². The molecule has 0 unspecified atom stereocenters. The van der Waals surface area contributed by atoms with Gasteiger partial charge in [0.15, 0.2) is 11.2 Å². The maximum atomic E-state index is 13.9. The second-order valence-electron chi connectivity index (χ2n) is 9.78. The van der Waals surface area contributed by atoms with Crippen molar-refractivity contribution in [1.82, 2.24) is 29.3 Å². The molecular formula is C28H32F2N6O4. The van der Waals surface area contributed by atoms with Crippen LogP contribution in [0.25, 0.3) is 11.2 Å². The number of carbonyl (C=O) groups excluding carboxylic acids is 1. The largest absolute Gasteiger partial charge is 0.390 e. The number of benzene rings is 2. The van der Waals surface area contributed by atoms with E-state index in [1.165, 1.54) is 35.1 Å². The predicted octanol–water partition coefficient (Wildman–Crippen LogP) is 1.15. The molecule has 0 spiro atoms. The Hall–Kier alpha value is -4.16. The number of halogens is 2. The third kappa shape index (κ3) is 6.52. The summed E-state index contributed by atoms with van der Waals surface area (Å²) in [6, 6.07) is 10.1. The first kappa shape index (κ1) is 28.8. The number of rotatable bonds is 11. The number of imidazole rings is 1. The average molecular weight is 555 g/mol. The van der Waals surface area contributed by atoms with Gasteiger partial charge in [-0.15, -0.1) is 0 Å². The fourth-order valence-electron chi connectivity index (χ4n) is 4.66. The van der Waals surface area contributed by atoms with E-state index in [1.807, 2.05) is 18.2 Å². The molecule has 10 nitrogen and oxygen atoms in total. The Morgan fingerprint density at radius 2 is 1.73 bits per heavy atom. The van der Waals surface area contributed by atoms with E-state index >= 15 is 0 Å². The van der Waals surface area contributed by atoms with Gasteiger partial charge in [0.1, 0.15) is 18.2 Å². The van der Waals surface area contributed by atoms with Crippen LogP contribution in [0.15, 0.2) is 58.4 Å². The highest BCUT2D eigenvalue weighted by atomic mass is 19.1. The summed E-state index contributed by atoms with van der Waals surface area (Å²) in [4.78, 5) is 42.1. The number of nitrogens with one attached hydrogen (secondary N) is 2. The molecule has 2 atom stereocenters. The Balaban J connectivity index is 1.51. The number of amides is 1. The van der Waals surface area contributed by atoms with Gasteiger partial charge < -0.3 is 20.3 Å². The Morgan fingerprint density at radius 1 is 1.02 bits per heavy atom. The second kappa shape index (κ2) is 12.3. The van der Waals surface area contributed by atoms with E-state index in [4.69, 9.17) is 0 Å². The van der Waals surface area contributed by atoms with Gasteiger partial charge in [0.25, 0.3) is 5.56 Å². The lowest BCUT2D eigenvalue weighted by Gasteiger charge is -2.25. The van der Waals surface area contributed by atoms with Crippen LogP contribution in [-0.2, 0) is 44.8 Å². The summed E-state index contributed by atoms with van der Waals surface area (Å²) in [5.41, 5.74) is 1.51. The zero-order valence-electron chi connectivity index (χ0n) is 22.5. The molecule has 0 bridgehead atoms. The highest BCUT2D eigenvalue weighted by Gasteiger charge is 2.24. The summed E-state index contributed by atoms with van der Waals surface area (Å²) in [5.74, 6) is -2.10. The van der Waals surface area contributed by atoms with E-state index in [-0.39, 0.29) is 36.2 Å². The Labute approximate surface area is 228 Å². The van der Waals surface area contributed by atoms with Gasteiger partial charge in [0.05, 0.1) is 18.5 Å². The molecule has 40 heavy (non-hydrogen) atoms. The van der Waals surface area contributed by atoms with E-state index < -0.39 is 40.9 Å². The van der Waals surface area contributed by atoms with Gasteiger partial charge in [0, 0.05) is 33.3 Å². The Kier molecular flexibility index (Phi) is 8.90. The van der Waals surface area contributed by atoms with Crippen LogP contribution in [0.4, 0.5) is 8.78 Å². The van der Waals surface area contributed by atoms with Crippen molar-refractivity contribution in [3.05, 3.63) is 98.0 Å². The Bertz CT molecular complexity index is 1620. The van der Waals surface area contributed by atoms with Gasteiger partial charge in [-0.1, -0.05) is 31.2 Å². The third-order valence-corrected chi connectivity index (χ3v) is 6.80. The zero-order valence-corrected chi connectivity index (χ0v) is 22.5. The standard InChI is InChI=1S/C28H32F2N6O4/c1-4-17-6-5-7-18(8-17)13-31-14-23(37)22(11-19-9-20(29)12-21(30)10-19)33-24(38)15-36-16-32-26-25(36)27(39)35(3)28(40)34(26)2/h5-10,12,16,22-23,31,37H,4,11,13-15H2,1-3H3,(H,33,38)/t22-,23-/m0/s1. The molecule has 0 saturated carbocycles. The van der Waals surface area contributed by atoms with E-state index in [2.05, 4.69) is 28.6 Å².